The van der Waals surface area contributed by atoms with E-state index < -0.39 is 0 Å². The first-order chi connectivity index (χ1) is 7.77. The Morgan fingerprint density at radius 3 is 2.35 bits per heavy atom. The highest BCUT2D eigenvalue weighted by atomic mass is 16.2. The molecular formula is C12H22N4O. The predicted molar refractivity (Wildman–Crippen MR) is 66.9 cm³/mol. The Morgan fingerprint density at radius 1 is 1.41 bits per heavy atom. The van der Waals surface area contributed by atoms with Crippen LogP contribution >= 0.6 is 0 Å². The fraction of sp³-hybridized carbons (Fsp3) is 0.750. The maximum atomic E-state index is 12.1. The van der Waals surface area contributed by atoms with Crippen LogP contribution in [0.4, 0.5) is 0 Å². The molecule has 0 aliphatic rings. The van der Waals surface area contributed by atoms with Gasteiger partial charge in [-0.25, -0.2) is 4.98 Å². The van der Waals surface area contributed by atoms with E-state index in [0.717, 1.165) is 5.82 Å². The maximum Gasteiger partial charge on any atom is 0.293 e. The van der Waals surface area contributed by atoms with E-state index in [1.165, 1.54) is 0 Å². The van der Waals surface area contributed by atoms with E-state index in [-0.39, 0.29) is 23.2 Å². The molecule has 0 unspecified atom stereocenters. The fourth-order valence-electron chi connectivity index (χ4n) is 1.56. The molecule has 1 aromatic heterocycles. The van der Waals surface area contributed by atoms with E-state index in [1.807, 2.05) is 41.5 Å². The Balaban J connectivity index is 2.94. The summed E-state index contributed by atoms with van der Waals surface area (Å²) in [7, 11) is 0. The minimum atomic E-state index is -0.125. The summed E-state index contributed by atoms with van der Waals surface area (Å²) >= 11 is 0. The molecule has 1 aromatic rings. The second kappa shape index (κ2) is 4.85. The smallest absolute Gasteiger partial charge is 0.293 e. The average molecular weight is 238 g/mol. The first kappa shape index (κ1) is 13.7. The summed E-state index contributed by atoms with van der Waals surface area (Å²) in [6.07, 6.45) is 0. The zero-order valence-corrected chi connectivity index (χ0v) is 11.5. The summed E-state index contributed by atoms with van der Waals surface area (Å²) < 4.78 is 0. The van der Waals surface area contributed by atoms with Crippen molar-refractivity contribution >= 4 is 5.91 Å². The molecule has 1 N–H and O–H groups in total. The van der Waals surface area contributed by atoms with Crippen molar-refractivity contribution in [1.29, 1.82) is 0 Å². The molecule has 0 aliphatic carbocycles. The average Bonchev–Trinajstić information content (AvgIpc) is 2.65. The van der Waals surface area contributed by atoms with Gasteiger partial charge in [-0.15, -0.1) is 5.10 Å². The SMILES string of the molecule is CCN(C(=O)c1n[nH]c(C(C)(C)C)n1)C(C)C. The third kappa shape index (κ3) is 3.05. The van der Waals surface area contributed by atoms with Crippen LogP contribution < -0.4 is 0 Å². The second-order valence-electron chi connectivity index (χ2n) is 5.44. The molecule has 0 saturated heterocycles. The number of carbonyl (C=O) groups is 1. The van der Waals surface area contributed by atoms with E-state index in [1.54, 1.807) is 4.90 Å². The molecule has 0 radical (unpaired) electrons. The van der Waals surface area contributed by atoms with Crippen molar-refractivity contribution in [3.05, 3.63) is 11.6 Å². The van der Waals surface area contributed by atoms with Crippen molar-refractivity contribution in [2.75, 3.05) is 6.54 Å². The van der Waals surface area contributed by atoms with E-state index in [2.05, 4.69) is 15.2 Å². The van der Waals surface area contributed by atoms with Gasteiger partial charge in [0.2, 0.25) is 5.82 Å². The topological polar surface area (TPSA) is 61.9 Å². The lowest BCUT2D eigenvalue weighted by Crippen LogP contribution is -2.37. The molecule has 5 nitrogen and oxygen atoms in total. The fourth-order valence-corrected chi connectivity index (χ4v) is 1.56. The van der Waals surface area contributed by atoms with Crippen molar-refractivity contribution in [1.82, 2.24) is 20.1 Å². The van der Waals surface area contributed by atoms with Crippen LogP contribution in [0.1, 0.15) is 58.0 Å². The number of aromatic amines is 1. The van der Waals surface area contributed by atoms with Crippen molar-refractivity contribution in [3.63, 3.8) is 0 Å². The number of nitrogens with zero attached hydrogens (tertiary/aromatic N) is 3. The van der Waals surface area contributed by atoms with Crippen LogP contribution in [-0.4, -0.2) is 38.6 Å². The van der Waals surface area contributed by atoms with Gasteiger partial charge >= 0.3 is 0 Å². The van der Waals surface area contributed by atoms with Crippen molar-refractivity contribution < 1.29 is 4.79 Å². The standard InChI is InChI=1S/C12H22N4O/c1-7-16(8(2)3)10(17)9-13-11(15-14-9)12(4,5)6/h8H,7H2,1-6H3,(H,13,14,15). The molecule has 0 aromatic carbocycles. The number of rotatable bonds is 3. The molecule has 1 heterocycles. The highest BCUT2D eigenvalue weighted by molar-refractivity contribution is 5.90. The molecular weight excluding hydrogens is 216 g/mol. The Kier molecular flexibility index (Phi) is 3.91. The molecule has 1 amide bonds. The molecule has 0 aliphatic heterocycles. The number of carbonyl (C=O) groups excluding carboxylic acids is 1. The van der Waals surface area contributed by atoms with E-state index in [0.29, 0.717) is 6.54 Å². The Hall–Kier alpha value is -1.39. The summed E-state index contributed by atoms with van der Waals surface area (Å²) in [5, 5.41) is 6.84. The molecule has 0 bridgehead atoms. The zero-order valence-electron chi connectivity index (χ0n) is 11.5. The van der Waals surface area contributed by atoms with E-state index >= 15 is 0 Å². The molecule has 0 atom stereocenters. The van der Waals surface area contributed by atoms with Gasteiger partial charge in [-0.2, -0.15) is 0 Å². The van der Waals surface area contributed by atoms with Crippen LogP contribution in [0, 0.1) is 0 Å². The van der Waals surface area contributed by atoms with Gasteiger partial charge in [0.05, 0.1) is 0 Å². The molecule has 0 spiro atoms. The monoisotopic (exact) mass is 238 g/mol. The third-order valence-corrected chi connectivity index (χ3v) is 2.61. The van der Waals surface area contributed by atoms with Gasteiger partial charge in [0.1, 0.15) is 5.82 Å². The largest absolute Gasteiger partial charge is 0.334 e. The molecule has 17 heavy (non-hydrogen) atoms. The number of H-pyrrole nitrogens is 1. The molecule has 1 rings (SSSR count). The number of amides is 1. The molecule has 0 saturated carbocycles. The van der Waals surface area contributed by atoms with Crippen LogP contribution in [0.3, 0.4) is 0 Å². The zero-order chi connectivity index (χ0) is 13.2. The summed E-state index contributed by atoms with van der Waals surface area (Å²) in [5.41, 5.74) is -0.125. The Morgan fingerprint density at radius 2 is 2.00 bits per heavy atom. The normalized spacial score (nSPS) is 11.9. The Labute approximate surface area is 103 Å². The lowest BCUT2D eigenvalue weighted by atomic mass is 9.96. The quantitative estimate of drug-likeness (QED) is 0.875. The van der Waals surface area contributed by atoms with Gasteiger partial charge in [0.15, 0.2) is 0 Å². The minimum absolute atomic E-state index is 0.116. The van der Waals surface area contributed by atoms with Crippen LogP contribution in [0.25, 0.3) is 0 Å². The van der Waals surface area contributed by atoms with E-state index in [4.69, 9.17) is 0 Å². The molecule has 0 fully saturated rings. The van der Waals surface area contributed by atoms with Gasteiger partial charge in [0.25, 0.3) is 5.91 Å². The van der Waals surface area contributed by atoms with Crippen molar-refractivity contribution in [2.45, 2.75) is 53.0 Å². The number of hydrogen-bond donors (Lipinski definition) is 1. The van der Waals surface area contributed by atoms with Gasteiger partial charge in [-0.3, -0.25) is 9.89 Å². The third-order valence-electron chi connectivity index (χ3n) is 2.61. The van der Waals surface area contributed by atoms with Gasteiger partial charge in [0, 0.05) is 18.0 Å². The Bertz CT molecular complexity index is 389. The maximum absolute atomic E-state index is 12.1. The van der Waals surface area contributed by atoms with Gasteiger partial charge < -0.3 is 4.90 Å². The van der Waals surface area contributed by atoms with Crippen LogP contribution in [0.15, 0.2) is 0 Å². The number of nitrogens with one attached hydrogen (secondary N) is 1. The first-order valence-electron chi connectivity index (χ1n) is 6.01. The lowest BCUT2D eigenvalue weighted by Gasteiger charge is -2.23. The summed E-state index contributed by atoms with van der Waals surface area (Å²) in [5.74, 6) is 0.875. The minimum Gasteiger partial charge on any atom is -0.334 e. The molecule has 5 heteroatoms. The molecule has 96 valence electrons. The summed E-state index contributed by atoms with van der Waals surface area (Å²) in [6.45, 7) is 12.7. The summed E-state index contributed by atoms with van der Waals surface area (Å²) in [6, 6.07) is 0.157. The predicted octanol–water partition coefficient (Wildman–Crippen LogP) is 1.97. The number of hydrogen-bond acceptors (Lipinski definition) is 3. The second-order valence-corrected chi connectivity index (χ2v) is 5.44. The van der Waals surface area contributed by atoms with E-state index in [9.17, 15) is 4.79 Å². The van der Waals surface area contributed by atoms with Crippen molar-refractivity contribution in [2.24, 2.45) is 0 Å². The highest BCUT2D eigenvalue weighted by Crippen LogP contribution is 2.17. The first-order valence-corrected chi connectivity index (χ1v) is 6.01. The highest BCUT2D eigenvalue weighted by Gasteiger charge is 2.24. The number of aromatic nitrogens is 3. The van der Waals surface area contributed by atoms with Gasteiger partial charge in [-0.1, -0.05) is 20.8 Å². The van der Waals surface area contributed by atoms with Crippen LogP contribution in [-0.2, 0) is 5.41 Å². The van der Waals surface area contributed by atoms with Crippen LogP contribution in [0.2, 0.25) is 0 Å². The van der Waals surface area contributed by atoms with Crippen molar-refractivity contribution in [3.8, 4) is 0 Å². The van der Waals surface area contributed by atoms with Gasteiger partial charge in [-0.05, 0) is 20.8 Å². The summed E-state index contributed by atoms with van der Waals surface area (Å²) in [4.78, 5) is 18.2. The van der Waals surface area contributed by atoms with Crippen LogP contribution in [0.5, 0.6) is 0 Å². The lowest BCUT2D eigenvalue weighted by molar-refractivity contribution is 0.0704.